The minimum absolute atomic E-state index is 0.000249. The van der Waals surface area contributed by atoms with Crippen LogP contribution in [-0.4, -0.2) is 32.8 Å². The summed E-state index contributed by atoms with van der Waals surface area (Å²) in [6.45, 7) is 6.03. The van der Waals surface area contributed by atoms with E-state index in [2.05, 4.69) is 24.2 Å². The fraction of sp³-hybridized carbons (Fsp3) is 0.350. The van der Waals surface area contributed by atoms with Gasteiger partial charge in [-0.25, -0.2) is 4.68 Å². The van der Waals surface area contributed by atoms with Gasteiger partial charge in [0.25, 0.3) is 5.56 Å². The molecular formula is C20H22ClN3O3. The summed E-state index contributed by atoms with van der Waals surface area (Å²) in [5, 5.41) is 19.4. The van der Waals surface area contributed by atoms with E-state index in [-0.39, 0.29) is 24.6 Å². The molecule has 1 unspecified atom stereocenters. The summed E-state index contributed by atoms with van der Waals surface area (Å²) in [6, 6.07) is 10.7. The van der Waals surface area contributed by atoms with E-state index in [1.807, 2.05) is 19.1 Å². The predicted octanol–water partition coefficient (Wildman–Crippen LogP) is 3.32. The maximum Gasteiger partial charge on any atom is 0.277 e. The van der Waals surface area contributed by atoms with Crippen LogP contribution in [0.3, 0.4) is 0 Å². The zero-order chi connectivity index (χ0) is 19.6. The van der Waals surface area contributed by atoms with Crippen molar-refractivity contribution in [2.24, 2.45) is 0 Å². The second kappa shape index (κ2) is 8.06. The number of aromatic nitrogens is 3. The summed E-state index contributed by atoms with van der Waals surface area (Å²) in [5.41, 5.74) is 2.12. The Labute approximate surface area is 162 Å². The van der Waals surface area contributed by atoms with Crippen LogP contribution in [0.1, 0.15) is 30.9 Å². The molecule has 0 aliphatic carbocycles. The maximum absolute atomic E-state index is 12.5. The standard InChI is InChI=1S/C20H22ClN3O3/c1-12(2)16-9-17(21)13(3)8-19(16)27-11-14(25)10-24-20(26)15-6-4-5-7-18(15)22-23-24/h4-9,12,14,25H,10-11H2,1-3H3. The van der Waals surface area contributed by atoms with Gasteiger partial charge in [-0.15, -0.1) is 5.10 Å². The van der Waals surface area contributed by atoms with E-state index >= 15 is 0 Å². The van der Waals surface area contributed by atoms with Crippen molar-refractivity contribution in [2.45, 2.75) is 39.3 Å². The number of rotatable bonds is 6. The maximum atomic E-state index is 12.5. The van der Waals surface area contributed by atoms with Gasteiger partial charge in [0.1, 0.15) is 24.0 Å². The van der Waals surface area contributed by atoms with Crippen molar-refractivity contribution < 1.29 is 9.84 Å². The predicted molar refractivity (Wildman–Crippen MR) is 106 cm³/mol. The molecule has 3 aromatic rings. The van der Waals surface area contributed by atoms with Crippen LogP contribution in [0.5, 0.6) is 5.75 Å². The highest BCUT2D eigenvalue weighted by Gasteiger charge is 2.15. The summed E-state index contributed by atoms with van der Waals surface area (Å²) in [6.07, 6.45) is -0.908. The fourth-order valence-corrected chi connectivity index (χ4v) is 3.00. The lowest BCUT2D eigenvalue weighted by Gasteiger charge is -2.18. The van der Waals surface area contributed by atoms with Gasteiger partial charge in [-0.1, -0.05) is 42.8 Å². The van der Waals surface area contributed by atoms with E-state index in [9.17, 15) is 9.90 Å². The highest BCUT2D eigenvalue weighted by Crippen LogP contribution is 2.32. The monoisotopic (exact) mass is 387 g/mol. The molecule has 1 aromatic heterocycles. The van der Waals surface area contributed by atoms with Gasteiger partial charge in [0.2, 0.25) is 0 Å². The first-order valence-corrected chi connectivity index (χ1v) is 9.18. The zero-order valence-corrected chi connectivity index (χ0v) is 16.3. The highest BCUT2D eigenvalue weighted by molar-refractivity contribution is 6.31. The Bertz CT molecular complexity index is 1020. The Kier molecular flexibility index (Phi) is 5.77. The summed E-state index contributed by atoms with van der Waals surface area (Å²) in [5.74, 6) is 0.909. The Morgan fingerprint density at radius 2 is 2.00 bits per heavy atom. The van der Waals surface area contributed by atoms with E-state index in [1.54, 1.807) is 24.3 Å². The number of hydrogen-bond acceptors (Lipinski definition) is 5. The molecule has 0 bridgehead atoms. The summed E-state index contributed by atoms with van der Waals surface area (Å²) in [7, 11) is 0. The van der Waals surface area contributed by atoms with Crippen LogP contribution in [0.2, 0.25) is 5.02 Å². The molecule has 1 atom stereocenters. The molecule has 0 amide bonds. The largest absolute Gasteiger partial charge is 0.491 e. The molecule has 0 fully saturated rings. The van der Waals surface area contributed by atoms with Gasteiger partial charge in [-0.3, -0.25) is 4.79 Å². The van der Waals surface area contributed by atoms with Gasteiger partial charge < -0.3 is 9.84 Å². The first-order valence-electron chi connectivity index (χ1n) is 8.80. The van der Waals surface area contributed by atoms with Gasteiger partial charge in [-0.05, 0) is 48.2 Å². The summed E-state index contributed by atoms with van der Waals surface area (Å²) < 4.78 is 6.98. The van der Waals surface area contributed by atoms with Crippen molar-refractivity contribution in [1.82, 2.24) is 15.0 Å². The number of aliphatic hydroxyl groups is 1. The van der Waals surface area contributed by atoms with E-state index in [1.165, 1.54) is 0 Å². The number of halogens is 1. The van der Waals surface area contributed by atoms with E-state index in [0.717, 1.165) is 15.8 Å². The number of nitrogens with zero attached hydrogens (tertiary/aromatic N) is 3. The average molecular weight is 388 g/mol. The molecular weight excluding hydrogens is 366 g/mol. The SMILES string of the molecule is Cc1cc(OCC(O)Cn2nnc3ccccc3c2=O)c(C(C)C)cc1Cl. The highest BCUT2D eigenvalue weighted by atomic mass is 35.5. The zero-order valence-electron chi connectivity index (χ0n) is 15.5. The fourth-order valence-electron chi connectivity index (χ4n) is 2.83. The molecule has 0 aliphatic rings. The van der Waals surface area contributed by atoms with Crippen molar-refractivity contribution in [3.63, 3.8) is 0 Å². The van der Waals surface area contributed by atoms with Crippen LogP contribution in [0.25, 0.3) is 10.9 Å². The minimum atomic E-state index is -0.908. The normalized spacial score (nSPS) is 12.5. The van der Waals surface area contributed by atoms with Crippen LogP contribution < -0.4 is 10.3 Å². The minimum Gasteiger partial charge on any atom is -0.491 e. The molecule has 0 spiro atoms. The smallest absolute Gasteiger partial charge is 0.277 e. The molecule has 0 aliphatic heterocycles. The van der Waals surface area contributed by atoms with Crippen molar-refractivity contribution in [3.05, 3.63) is 62.9 Å². The quantitative estimate of drug-likeness (QED) is 0.702. The van der Waals surface area contributed by atoms with Crippen molar-refractivity contribution in [3.8, 4) is 5.75 Å². The lowest BCUT2D eigenvalue weighted by atomic mass is 10.0. The first-order chi connectivity index (χ1) is 12.9. The van der Waals surface area contributed by atoms with Crippen LogP contribution in [0.4, 0.5) is 0 Å². The number of aryl methyl sites for hydroxylation is 1. The Balaban J connectivity index is 1.74. The molecule has 27 heavy (non-hydrogen) atoms. The van der Waals surface area contributed by atoms with Gasteiger partial charge in [0.15, 0.2) is 0 Å². The molecule has 1 heterocycles. The number of benzene rings is 2. The van der Waals surface area contributed by atoms with Crippen molar-refractivity contribution in [2.75, 3.05) is 6.61 Å². The third kappa shape index (κ3) is 4.28. The Morgan fingerprint density at radius 1 is 1.26 bits per heavy atom. The Morgan fingerprint density at radius 3 is 2.74 bits per heavy atom. The molecule has 0 saturated heterocycles. The lowest BCUT2D eigenvalue weighted by molar-refractivity contribution is 0.0867. The van der Waals surface area contributed by atoms with Crippen LogP contribution in [0, 0.1) is 6.92 Å². The number of ether oxygens (including phenoxy) is 1. The number of hydrogen-bond donors (Lipinski definition) is 1. The third-order valence-corrected chi connectivity index (χ3v) is 4.76. The molecule has 142 valence electrons. The molecule has 1 N–H and O–H groups in total. The molecule has 0 saturated carbocycles. The second-order valence-corrected chi connectivity index (χ2v) is 7.26. The van der Waals surface area contributed by atoms with E-state index in [0.29, 0.717) is 21.7 Å². The molecule has 0 radical (unpaired) electrons. The van der Waals surface area contributed by atoms with E-state index in [4.69, 9.17) is 16.3 Å². The van der Waals surface area contributed by atoms with Gasteiger partial charge in [0.05, 0.1) is 11.9 Å². The number of aliphatic hydroxyl groups excluding tert-OH is 1. The second-order valence-electron chi connectivity index (χ2n) is 6.85. The average Bonchev–Trinajstić information content (AvgIpc) is 2.64. The molecule has 6 nitrogen and oxygen atoms in total. The van der Waals surface area contributed by atoms with E-state index < -0.39 is 6.10 Å². The third-order valence-electron chi connectivity index (χ3n) is 4.36. The lowest BCUT2D eigenvalue weighted by Crippen LogP contribution is -2.32. The molecule has 7 heteroatoms. The van der Waals surface area contributed by atoms with Crippen LogP contribution in [0.15, 0.2) is 41.2 Å². The van der Waals surface area contributed by atoms with Crippen LogP contribution >= 0.6 is 11.6 Å². The molecule has 3 rings (SSSR count). The summed E-state index contributed by atoms with van der Waals surface area (Å²) >= 11 is 6.21. The Hall–Kier alpha value is -2.44. The van der Waals surface area contributed by atoms with Gasteiger partial charge in [0, 0.05) is 5.02 Å². The van der Waals surface area contributed by atoms with Gasteiger partial charge in [-0.2, -0.15) is 0 Å². The van der Waals surface area contributed by atoms with Crippen molar-refractivity contribution in [1.29, 1.82) is 0 Å². The number of fused-ring (bicyclic) bond motifs is 1. The first kappa shape index (κ1) is 19.3. The topological polar surface area (TPSA) is 77.2 Å². The van der Waals surface area contributed by atoms with Crippen molar-refractivity contribution >= 4 is 22.5 Å². The van der Waals surface area contributed by atoms with Gasteiger partial charge >= 0.3 is 0 Å². The van der Waals surface area contributed by atoms with Crippen LogP contribution in [-0.2, 0) is 6.54 Å². The molecule has 2 aromatic carbocycles. The summed E-state index contributed by atoms with van der Waals surface area (Å²) in [4.78, 5) is 12.5.